The fourth-order valence-electron chi connectivity index (χ4n) is 4.87. The molecule has 1 saturated carbocycles. The lowest BCUT2D eigenvalue weighted by Crippen LogP contribution is -2.62. The van der Waals surface area contributed by atoms with Crippen LogP contribution in [-0.2, 0) is 9.47 Å². The minimum atomic E-state index is -0.320. The molecule has 2 saturated heterocycles. The predicted molar refractivity (Wildman–Crippen MR) is 67.2 cm³/mol. The van der Waals surface area contributed by atoms with E-state index in [4.69, 9.17) is 9.47 Å². The fraction of sp³-hybridized carbons (Fsp3) is 0.867. The smallest absolute Gasteiger partial charge is 0.124 e. The van der Waals surface area contributed by atoms with Crippen LogP contribution in [0.3, 0.4) is 0 Å². The van der Waals surface area contributed by atoms with E-state index in [1.807, 2.05) is 6.92 Å². The molecule has 2 aliphatic heterocycles. The number of aliphatic hydroxyl groups excluding tert-OH is 1. The Labute approximate surface area is 108 Å². The van der Waals surface area contributed by atoms with Crippen LogP contribution in [0.1, 0.15) is 40.0 Å². The highest BCUT2D eigenvalue weighted by Crippen LogP contribution is 2.71. The number of fused-ring (bicyclic) bond motifs is 2. The zero-order chi connectivity index (χ0) is 12.8. The van der Waals surface area contributed by atoms with Crippen molar-refractivity contribution in [1.82, 2.24) is 0 Å². The number of aliphatic hydroxyl groups is 1. The van der Waals surface area contributed by atoms with Crippen LogP contribution in [0.25, 0.3) is 0 Å². The Morgan fingerprint density at radius 1 is 1.39 bits per heavy atom. The maximum absolute atomic E-state index is 10.2. The van der Waals surface area contributed by atoms with Gasteiger partial charge in [0, 0.05) is 10.8 Å². The van der Waals surface area contributed by atoms with Gasteiger partial charge < -0.3 is 14.6 Å². The SMILES string of the molecule is CC1=CC2OC3CCC(C)(C2(C)CC1O)C31CO1. The Balaban J connectivity index is 1.85. The first-order chi connectivity index (χ1) is 8.43. The summed E-state index contributed by atoms with van der Waals surface area (Å²) in [6.45, 7) is 7.50. The summed E-state index contributed by atoms with van der Waals surface area (Å²) in [5, 5.41) is 10.2. The minimum absolute atomic E-state index is 0.00454. The fourth-order valence-corrected chi connectivity index (χ4v) is 4.87. The van der Waals surface area contributed by atoms with Gasteiger partial charge in [0.25, 0.3) is 0 Å². The van der Waals surface area contributed by atoms with Crippen LogP contribution in [0.15, 0.2) is 11.6 Å². The molecule has 0 aromatic heterocycles. The van der Waals surface area contributed by atoms with E-state index in [9.17, 15) is 5.11 Å². The first-order valence-electron chi connectivity index (χ1n) is 7.09. The van der Waals surface area contributed by atoms with Crippen molar-refractivity contribution in [2.75, 3.05) is 6.61 Å². The highest BCUT2D eigenvalue weighted by Gasteiger charge is 2.77. The third-order valence-corrected chi connectivity index (χ3v) is 6.57. The number of hydrogen-bond donors (Lipinski definition) is 1. The molecule has 18 heavy (non-hydrogen) atoms. The highest BCUT2D eigenvalue weighted by atomic mass is 16.6. The van der Waals surface area contributed by atoms with Crippen LogP contribution in [0, 0.1) is 10.8 Å². The van der Waals surface area contributed by atoms with E-state index in [-0.39, 0.29) is 34.7 Å². The average Bonchev–Trinajstić information content (AvgIpc) is 3.05. The second-order valence-electron chi connectivity index (χ2n) is 7.14. The van der Waals surface area contributed by atoms with Gasteiger partial charge in [-0.3, -0.25) is 0 Å². The molecule has 0 radical (unpaired) electrons. The summed E-state index contributed by atoms with van der Waals surface area (Å²) >= 11 is 0. The van der Waals surface area contributed by atoms with Gasteiger partial charge in [0.15, 0.2) is 0 Å². The molecule has 0 aromatic carbocycles. The summed E-state index contributed by atoms with van der Waals surface area (Å²) in [5.74, 6) is 0. The standard InChI is InChI=1S/C15H22O3/c1-9-6-12-13(2,7-10(9)16)14(3)5-4-11(18-12)15(14)8-17-15/h6,10-12,16H,4-5,7-8H2,1-3H3. The molecule has 1 spiro atoms. The molecule has 3 fully saturated rings. The average molecular weight is 250 g/mol. The summed E-state index contributed by atoms with van der Waals surface area (Å²) in [6, 6.07) is 0. The van der Waals surface area contributed by atoms with E-state index in [0.717, 1.165) is 31.4 Å². The van der Waals surface area contributed by atoms with Crippen molar-refractivity contribution in [3.8, 4) is 0 Å². The zero-order valence-electron chi connectivity index (χ0n) is 11.4. The molecule has 2 aliphatic carbocycles. The van der Waals surface area contributed by atoms with Gasteiger partial charge in [-0.1, -0.05) is 19.9 Å². The van der Waals surface area contributed by atoms with Crippen molar-refractivity contribution < 1.29 is 14.6 Å². The van der Waals surface area contributed by atoms with Gasteiger partial charge in [0.1, 0.15) is 5.60 Å². The number of ether oxygens (including phenoxy) is 2. The second kappa shape index (κ2) is 3.02. The van der Waals surface area contributed by atoms with Crippen LogP contribution >= 0.6 is 0 Å². The number of epoxide rings is 1. The van der Waals surface area contributed by atoms with Gasteiger partial charge in [-0.05, 0) is 31.8 Å². The van der Waals surface area contributed by atoms with E-state index in [1.54, 1.807) is 0 Å². The Bertz CT molecular complexity index is 439. The number of rotatable bonds is 0. The first-order valence-corrected chi connectivity index (χ1v) is 7.09. The molecular formula is C15H22O3. The van der Waals surface area contributed by atoms with E-state index in [1.165, 1.54) is 0 Å². The zero-order valence-corrected chi connectivity index (χ0v) is 11.4. The maximum atomic E-state index is 10.2. The van der Waals surface area contributed by atoms with Crippen LogP contribution in [0.4, 0.5) is 0 Å². The van der Waals surface area contributed by atoms with Crippen molar-refractivity contribution >= 4 is 0 Å². The quantitative estimate of drug-likeness (QED) is 0.528. The molecule has 100 valence electrons. The summed E-state index contributed by atoms with van der Waals surface area (Å²) in [4.78, 5) is 0. The van der Waals surface area contributed by atoms with E-state index >= 15 is 0 Å². The minimum Gasteiger partial charge on any atom is -0.389 e. The molecular weight excluding hydrogens is 228 g/mol. The Morgan fingerprint density at radius 3 is 2.78 bits per heavy atom. The lowest BCUT2D eigenvalue weighted by atomic mass is 9.52. The molecule has 2 bridgehead atoms. The van der Waals surface area contributed by atoms with Gasteiger partial charge in [0.2, 0.25) is 0 Å². The van der Waals surface area contributed by atoms with E-state index in [0.29, 0.717) is 0 Å². The molecule has 3 nitrogen and oxygen atoms in total. The van der Waals surface area contributed by atoms with Crippen molar-refractivity contribution in [3.05, 3.63) is 11.6 Å². The van der Waals surface area contributed by atoms with Crippen LogP contribution < -0.4 is 0 Å². The molecule has 6 unspecified atom stereocenters. The second-order valence-corrected chi connectivity index (χ2v) is 7.14. The first kappa shape index (κ1) is 11.4. The molecule has 0 aromatic rings. The predicted octanol–water partition coefficient (Wildman–Crippen LogP) is 2.04. The molecule has 2 heterocycles. The molecule has 4 rings (SSSR count). The molecule has 6 atom stereocenters. The van der Waals surface area contributed by atoms with Gasteiger partial charge in [-0.2, -0.15) is 0 Å². The topological polar surface area (TPSA) is 42.0 Å². The summed E-state index contributed by atoms with van der Waals surface area (Å²) in [5.41, 5.74) is 1.16. The highest BCUT2D eigenvalue weighted by molar-refractivity contribution is 5.30. The normalized spacial score (nSPS) is 61.6. The van der Waals surface area contributed by atoms with Crippen LogP contribution in [-0.4, -0.2) is 35.6 Å². The molecule has 3 heteroatoms. The third-order valence-electron chi connectivity index (χ3n) is 6.57. The third kappa shape index (κ3) is 1.01. The van der Waals surface area contributed by atoms with Gasteiger partial charge in [-0.25, -0.2) is 0 Å². The van der Waals surface area contributed by atoms with Crippen LogP contribution in [0.2, 0.25) is 0 Å². The van der Waals surface area contributed by atoms with Crippen molar-refractivity contribution in [1.29, 1.82) is 0 Å². The van der Waals surface area contributed by atoms with Crippen molar-refractivity contribution in [2.24, 2.45) is 10.8 Å². The van der Waals surface area contributed by atoms with E-state index in [2.05, 4.69) is 19.9 Å². The van der Waals surface area contributed by atoms with Gasteiger partial charge in [-0.15, -0.1) is 0 Å². The molecule has 0 amide bonds. The van der Waals surface area contributed by atoms with Crippen LogP contribution in [0.5, 0.6) is 0 Å². The maximum Gasteiger partial charge on any atom is 0.124 e. The van der Waals surface area contributed by atoms with E-state index < -0.39 is 0 Å². The Kier molecular flexibility index (Phi) is 1.92. The monoisotopic (exact) mass is 250 g/mol. The molecule has 4 aliphatic rings. The van der Waals surface area contributed by atoms with Gasteiger partial charge >= 0.3 is 0 Å². The number of hydrogen-bond acceptors (Lipinski definition) is 3. The summed E-state index contributed by atoms with van der Waals surface area (Å²) in [7, 11) is 0. The van der Waals surface area contributed by atoms with Crippen molar-refractivity contribution in [2.45, 2.75) is 63.9 Å². The molecule has 1 N–H and O–H groups in total. The lowest BCUT2D eigenvalue weighted by Gasteiger charge is -2.57. The van der Waals surface area contributed by atoms with Crippen molar-refractivity contribution in [3.63, 3.8) is 0 Å². The Hall–Kier alpha value is -0.380. The lowest BCUT2D eigenvalue weighted by molar-refractivity contribution is -0.198. The Morgan fingerprint density at radius 2 is 2.11 bits per heavy atom. The summed E-state index contributed by atoms with van der Waals surface area (Å²) in [6.07, 6.45) is 5.30. The largest absolute Gasteiger partial charge is 0.389 e. The summed E-state index contributed by atoms with van der Waals surface area (Å²) < 4.78 is 12.2. The van der Waals surface area contributed by atoms with Gasteiger partial charge in [0.05, 0.1) is 24.9 Å².